The Morgan fingerprint density at radius 1 is 0.963 bits per heavy atom. The van der Waals surface area contributed by atoms with E-state index in [0.717, 1.165) is 44.2 Å². The van der Waals surface area contributed by atoms with E-state index in [0.29, 0.717) is 5.56 Å². The second-order valence-corrected chi connectivity index (χ2v) is 6.25. The zero-order chi connectivity index (χ0) is 18.8. The van der Waals surface area contributed by atoms with Gasteiger partial charge in [-0.2, -0.15) is 5.26 Å². The van der Waals surface area contributed by atoms with Crippen molar-refractivity contribution in [3.63, 3.8) is 0 Å². The normalized spacial score (nSPS) is 11.4. The van der Waals surface area contributed by atoms with Crippen molar-refractivity contribution in [2.45, 2.75) is 0 Å². The highest BCUT2D eigenvalue weighted by atomic mass is 16.3. The van der Waals surface area contributed by atoms with Gasteiger partial charge in [0.2, 0.25) is 0 Å². The van der Waals surface area contributed by atoms with Crippen LogP contribution in [0, 0.1) is 11.3 Å². The summed E-state index contributed by atoms with van der Waals surface area (Å²) in [5, 5.41) is 11.7. The van der Waals surface area contributed by atoms with Crippen molar-refractivity contribution in [2.24, 2.45) is 0 Å². The van der Waals surface area contributed by atoms with Gasteiger partial charge < -0.3 is 4.42 Å². The Balaban J connectivity index is 2.01. The molecule has 4 aromatic rings. The Bertz CT molecular complexity index is 1260. The molecular formula is C25H17NO. The van der Waals surface area contributed by atoms with Gasteiger partial charge in [-0.05, 0) is 41.0 Å². The van der Waals surface area contributed by atoms with E-state index in [2.05, 4.69) is 37.4 Å². The second-order valence-electron chi connectivity index (χ2n) is 6.25. The third-order valence-corrected chi connectivity index (χ3v) is 4.63. The van der Waals surface area contributed by atoms with Crippen molar-refractivity contribution < 1.29 is 4.42 Å². The van der Waals surface area contributed by atoms with E-state index in [1.54, 1.807) is 12.2 Å². The lowest BCUT2D eigenvalue weighted by atomic mass is 9.95. The molecule has 3 aromatic carbocycles. The molecule has 0 radical (unpaired) electrons. The van der Waals surface area contributed by atoms with Gasteiger partial charge in [-0.15, -0.1) is 0 Å². The third kappa shape index (κ3) is 2.86. The van der Waals surface area contributed by atoms with Crippen LogP contribution in [0.5, 0.6) is 0 Å². The van der Waals surface area contributed by atoms with Gasteiger partial charge in [0.15, 0.2) is 0 Å². The van der Waals surface area contributed by atoms with Crippen molar-refractivity contribution in [3.8, 4) is 17.2 Å². The average molecular weight is 347 g/mol. The highest BCUT2D eigenvalue weighted by Crippen LogP contribution is 2.36. The average Bonchev–Trinajstić information content (AvgIpc) is 3.10. The molecule has 1 aromatic heterocycles. The first kappa shape index (κ1) is 16.6. The fourth-order valence-electron chi connectivity index (χ4n) is 3.40. The lowest BCUT2D eigenvalue weighted by Crippen LogP contribution is -1.88. The van der Waals surface area contributed by atoms with Gasteiger partial charge in [0.1, 0.15) is 11.2 Å². The number of hydrogen-bond acceptors (Lipinski definition) is 2. The molecule has 0 aliphatic rings. The smallest absolute Gasteiger partial charge is 0.143 e. The van der Waals surface area contributed by atoms with Crippen LogP contribution in [0.15, 0.2) is 96.5 Å². The fourth-order valence-corrected chi connectivity index (χ4v) is 3.40. The van der Waals surface area contributed by atoms with E-state index in [-0.39, 0.29) is 0 Å². The maximum Gasteiger partial charge on any atom is 0.143 e. The first-order chi connectivity index (χ1) is 13.2. The SMILES string of the molecule is C=C/C=C(\C=C)c1cc(C#N)cc(-c2cccc3c2oc2ccccc23)c1. The number of para-hydroxylation sites is 2. The minimum Gasteiger partial charge on any atom is -0.455 e. The van der Waals surface area contributed by atoms with Gasteiger partial charge in [-0.25, -0.2) is 0 Å². The molecule has 0 bridgehead atoms. The van der Waals surface area contributed by atoms with E-state index < -0.39 is 0 Å². The van der Waals surface area contributed by atoms with Crippen molar-refractivity contribution in [2.75, 3.05) is 0 Å². The van der Waals surface area contributed by atoms with Gasteiger partial charge in [-0.3, -0.25) is 0 Å². The van der Waals surface area contributed by atoms with Gasteiger partial charge in [0.25, 0.3) is 0 Å². The fraction of sp³-hybridized carbons (Fsp3) is 0. The second kappa shape index (κ2) is 6.82. The van der Waals surface area contributed by atoms with E-state index in [9.17, 15) is 5.26 Å². The zero-order valence-corrected chi connectivity index (χ0v) is 14.8. The van der Waals surface area contributed by atoms with Crippen LogP contribution in [0.4, 0.5) is 0 Å². The van der Waals surface area contributed by atoms with Crippen molar-refractivity contribution in [3.05, 3.63) is 103 Å². The number of allylic oxidation sites excluding steroid dienone is 4. The number of nitriles is 1. The topological polar surface area (TPSA) is 36.9 Å². The van der Waals surface area contributed by atoms with E-state index in [4.69, 9.17) is 4.42 Å². The minimum atomic E-state index is 0.590. The third-order valence-electron chi connectivity index (χ3n) is 4.63. The Labute approximate surface area is 158 Å². The molecule has 2 nitrogen and oxygen atoms in total. The van der Waals surface area contributed by atoms with Crippen molar-refractivity contribution >= 4 is 27.5 Å². The molecule has 128 valence electrons. The summed E-state index contributed by atoms with van der Waals surface area (Å²) in [6, 6.07) is 22.2. The number of rotatable bonds is 4. The maximum absolute atomic E-state index is 9.51. The lowest BCUT2D eigenvalue weighted by molar-refractivity contribution is 0.670. The first-order valence-electron chi connectivity index (χ1n) is 8.66. The van der Waals surface area contributed by atoms with Gasteiger partial charge >= 0.3 is 0 Å². The Hall–Kier alpha value is -3.83. The van der Waals surface area contributed by atoms with E-state index >= 15 is 0 Å². The van der Waals surface area contributed by atoms with Crippen LogP contribution in [0.1, 0.15) is 11.1 Å². The summed E-state index contributed by atoms with van der Waals surface area (Å²) in [5.41, 5.74) is 6.01. The standard InChI is InChI=1S/C25H17NO/c1-3-8-18(4-2)19-13-17(16-26)14-20(15-19)21-10-7-11-23-22-9-5-6-12-24(22)27-25(21)23/h3-15H,1-2H2/b18-8+. The van der Waals surface area contributed by atoms with Crippen molar-refractivity contribution in [1.82, 2.24) is 0 Å². The summed E-state index contributed by atoms with van der Waals surface area (Å²) < 4.78 is 6.15. The molecule has 0 aliphatic carbocycles. The van der Waals surface area contributed by atoms with Crippen LogP contribution < -0.4 is 0 Å². The van der Waals surface area contributed by atoms with E-state index in [1.807, 2.05) is 48.5 Å². The molecule has 0 amide bonds. The van der Waals surface area contributed by atoms with Crippen LogP contribution in [-0.4, -0.2) is 0 Å². The lowest BCUT2D eigenvalue weighted by Gasteiger charge is -2.08. The number of benzene rings is 3. The quantitative estimate of drug-likeness (QED) is 0.377. The van der Waals surface area contributed by atoms with Gasteiger partial charge in [0.05, 0.1) is 11.6 Å². The predicted octanol–water partition coefficient (Wildman–Crippen LogP) is 6.88. The van der Waals surface area contributed by atoms with Crippen LogP contribution in [0.2, 0.25) is 0 Å². The van der Waals surface area contributed by atoms with Gasteiger partial charge in [-0.1, -0.05) is 67.8 Å². The molecule has 0 spiro atoms. The monoisotopic (exact) mass is 347 g/mol. The molecule has 0 unspecified atom stereocenters. The summed E-state index contributed by atoms with van der Waals surface area (Å²) in [5.74, 6) is 0. The summed E-state index contributed by atoms with van der Waals surface area (Å²) in [6.07, 6.45) is 5.37. The Morgan fingerprint density at radius 3 is 2.56 bits per heavy atom. The molecule has 0 aliphatic heterocycles. The molecule has 2 heteroatoms. The minimum absolute atomic E-state index is 0.590. The molecule has 0 N–H and O–H groups in total. The molecule has 27 heavy (non-hydrogen) atoms. The largest absolute Gasteiger partial charge is 0.455 e. The van der Waals surface area contributed by atoms with Crippen LogP contribution >= 0.6 is 0 Å². The highest BCUT2D eigenvalue weighted by Gasteiger charge is 2.13. The molecule has 4 rings (SSSR count). The Kier molecular flexibility index (Phi) is 4.20. The molecule has 0 fully saturated rings. The highest BCUT2D eigenvalue weighted by molar-refractivity contribution is 6.09. The predicted molar refractivity (Wildman–Crippen MR) is 112 cm³/mol. The number of hydrogen-bond donors (Lipinski definition) is 0. The first-order valence-corrected chi connectivity index (χ1v) is 8.66. The van der Waals surface area contributed by atoms with Crippen LogP contribution in [0.25, 0.3) is 38.6 Å². The number of fused-ring (bicyclic) bond motifs is 3. The Morgan fingerprint density at radius 2 is 1.78 bits per heavy atom. The zero-order valence-electron chi connectivity index (χ0n) is 14.8. The van der Waals surface area contributed by atoms with E-state index in [1.165, 1.54) is 0 Å². The summed E-state index contributed by atoms with van der Waals surface area (Å²) in [4.78, 5) is 0. The molecule has 1 heterocycles. The number of furan rings is 1. The number of nitrogens with zero attached hydrogens (tertiary/aromatic N) is 1. The molecule has 0 atom stereocenters. The van der Waals surface area contributed by atoms with Crippen molar-refractivity contribution in [1.29, 1.82) is 5.26 Å². The molecule has 0 saturated heterocycles. The molecule has 0 saturated carbocycles. The van der Waals surface area contributed by atoms with Gasteiger partial charge in [0, 0.05) is 16.3 Å². The maximum atomic E-state index is 9.51. The summed E-state index contributed by atoms with van der Waals surface area (Å²) >= 11 is 0. The van der Waals surface area contributed by atoms with Crippen LogP contribution in [0.3, 0.4) is 0 Å². The summed E-state index contributed by atoms with van der Waals surface area (Å²) in [6.45, 7) is 7.63. The molecular weight excluding hydrogens is 330 g/mol. The van der Waals surface area contributed by atoms with Crippen LogP contribution in [-0.2, 0) is 0 Å². The summed E-state index contributed by atoms with van der Waals surface area (Å²) in [7, 11) is 0.